The van der Waals surface area contributed by atoms with Crippen LogP contribution in [0, 0.1) is 0 Å². The van der Waals surface area contributed by atoms with Gasteiger partial charge in [-0.05, 0) is 26.0 Å². The zero-order chi connectivity index (χ0) is 16.4. The first-order valence-electron chi connectivity index (χ1n) is 6.56. The fourth-order valence-corrected chi connectivity index (χ4v) is 4.94. The molecule has 2 rings (SSSR count). The Morgan fingerprint density at radius 2 is 1.77 bits per heavy atom. The lowest BCUT2D eigenvalue weighted by Gasteiger charge is -2.11. The molecule has 0 amide bonds. The zero-order valence-electron chi connectivity index (χ0n) is 12.5. The number of hydrogen-bond acceptors (Lipinski definition) is 4. The third-order valence-corrected chi connectivity index (χ3v) is 6.35. The monoisotopic (exact) mass is 342 g/mol. The molecule has 0 saturated heterocycles. The Morgan fingerprint density at radius 3 is 2.36 bits per heavy atom. The van der Waals surface area contributed by atoms with E-state index in [-0.39, 0.29) is 11.9 Å². The van der Waals surface area contributed by atoms with Crippen LogP contribution in [0.5, 0.6) is 0 Å². The summed E-state index contributed by atoms with van der Waals surface area (Å²) in [5.41, 5.74) is 0. The number of aromatic nitrogens is 2. The van der Waals surface area contributed by atoms with Gasteiger partial charge < -0.3 is 0 Å². The van der Waals surface area contributed by atoms with E-state index in [1.54, 1.807) is 30.3 Å². The van der Waals surface area contributed by atoms with Crippen LogP contribution in [0.1, 0.15) is 19.9 Å². The van der Waals surface area contributed by atoms with Crippen molar-refractivity contribution in [2.45, 2.75) is 24.8 Å². The van der Waals surface area contributed by atoms with Gasteiger partial charge in [0.2, 0.25) is 0 Å². The van der Waals surface area contributed by atoms with Crippen molar-refractivity contribution in [1.29, 1.82) is 0 Å². The topological polar surface area (TPSA) is 93.4 Å². The summed E-state index contributed by atoms with van der Waals surface area (Å²) < 4.78 is 44.2. The molecule has 0 saturated carbocycles. The molecular formula is C13H18N4O3S2. The van der Waals surface area contributed by atoms with Crippen molar-refractivity contribution in [3.05, 3.63) is 42.6 Å². The van der Waals surface area contributed by atoms with E-state index in [9.17, 15) is 12.6 Å². The summed E-state index contributed by atoms with van der Waals surface area (Å²) in [5.74, 6) is 0.280. The lowest BCUT2D eigenvalue weighted by Crippen LogP contribution is -2.16. The normalized spacial score (nSPS) is 14.5. The van der Waals surface area contributed by atoms with Gasteiger partial charge in [-0.2, -0.15) is 13.5 Å². The van der Waals surface area contributed by atoms with Crippen LogP contribution in [0.25, 0.3) is 0 Å². The first-order valence-corrected chi connectivity index (χ1v) is 9.92. The maximum Gasteiger partial charge on any atom is 0.351 e. The predicted molar refractivity (Wildman–Crippen MR) is 86.4 cm³/mol. The van der Waals surface area contributed by atoms with E-state index in [0.717, 1.165) is 0 Å². The van der Waals surface area contributed by atoms with Crippen LogP contribution in [0.3, 0.4) is 0 Å². The van der Waals surface area contributed by atoms with Crippen molar-refractivity contribution in [3.8, 4) is 0 Å². The van der Waals surface area contributed by atoms with E-state index in [0.29, 0.717) is 4.90 Å². The van der Waals surface area contributed by atoms with Gasteiger partial charge in [-0.25, -0.2) is 13.6 Å². The van der Waals surface area contributed by atoms with Crippen LogP contribution in [0.15, 0.2) is 51.3 Å². The standard InChI is InChI=1S/C13H18N4O3S2/c1-11(2)17-13(9-10-14-17)15-22(19,20)16-21(3,18)12-7-5-4-6-8-12/h4-11,15H,1-3H3. The molecule has 0 aliphatic carbocycles. The van der Waals surface area contributed by atoms with Gasteiger partial charge >= 0.3 is 10.2 Å². The number of nitrogens with one attached hydrogen (secondary N) is 1. The van der Waals surface area contributed by atoms with Gasteiger partial charge in [-0.15, -0.1) is 0 Å². The molecule has 1 aromatic carbocycles. The Labute approximate surface area is 130 Å². The average molecular weight is 342 g/mol. The molecule has 2 aromatic rings. The Morgan fingerprint density at radius 1 is 1.14 bits per heavy atom. The second kappa shape index (κ2) is 6.09. The van der Waals surface area contributed by atoms with Crippen molar-refractivity contribution in [2.24, 2.45) is 3.77 Å². The Kier molecular flexibility index (Phi) is 4.57. The molecule has 1 unspecified atom stereocenters. The fraction of sp³-hybridized carbons (Fsp3) is 0.308. The Bertz CT molecular complexity index is 864. The molecule has 1 N–H and O–H groups in total. The molecule has 0 radical (unpaired) electrons. The van der Waals surface area contributed by atoms with Gasteiger partial charge in [0.05, 0.1) is 15.9 Å². The second-order valence-corrected chi connectivity index (χ2v) is 8.85. The molecule has 0 aliphatic rings. The second-order valence-electron chi connectivity index (χ2n) is 5.02. The number of anilines is 1. The van der Waals surface area contributed by atoms with E-state index in [1.165, 1.54) is 23.2 Å². The highest BCUT2D eigenvalue weighted by Gasteiger charge is 2.17. The van der Waals surface area contributed by atoms with Gasteiger partial charge in [0.25, 0.3) is 0 Å². The summed E-state index contributed by atoms with van der Waals surface area (Å²) in [6, 6.07) is 9.79. The highest BCUT2D eigenvalue weighted by molar-refractivity contribution is 8.03. The highest BCUT2D eigenvalue weighted by Crippen LogP contribution is 2.17. The molecule has 0 spiro atoms. The summed E-state index contributed by atoms with van der Waals surface area (Å²) in [6.07, 6.45) is 2.78. The fourth-order valence-electron chi connectivity index (χ4n) is 1.86. The van der Waals surface area contributed by atoms with E-state index < -0.39 is 19.9 Å². The van der Waals surface area contributed by atoms with Crippen LogP contribution >= 0.6 is 0 Å². The quantitative estimate of drug-likeness (QED) is 0.902. The van der Waals surface area contributed by atoms with Crippen LogP contribution in [0.4, 0.5) is 5.82 Å². The zero-order valence-corrected chi connectivity index (χ0v) is 14.1. The maximum atomic E-state index is 12.5. The number of hydrogen-bond donors (Lipinski definition) is 1. The van der Waals surface area contributed by atoms with Crippen molar-refractivity contribution < 1.29 is 12.6 Å². The lowest BCUT2D eigenvalue weighted by atomic mass is 10.4. The Hall–Kier alpha value is -1.87. The summed E-state index contributed by atoms with van der Waals surface area (Å²) in [4.78, 5) is 0.359. The summed E-state index contributed by atoms with van der Waals surface area (Å²) in [7, 11) is -7.19. The number of nitrogens with zero attached hydrogens (tertiary/aromatic N) is 3. The van der Waals surface area contributed by atoms with E-state index in [2.05, 4.69) is 13.6 Å². The summed E-state index contributed by atoms with van der Waals surface area (Å²) in [6.45, 7) is 3.74. The van der Waals surface area contributed by atoms with Gasteiger partial charge in [-0.1, -0.05) is 22.0 Å². The molecule has 1 atom stereocenters. The minimum Gasteiger partial charge on any atom is -0.248 e. The van der Waals surface area contributed by atoms with Gasteiger partial charge in [0, 0.05) is 23.3 Å². The van der Waals surface area contributed by atoms with Crippen LogP contribution in [0.2, 0.25) is 0 Å². The summed E-state index contributed by atoms with van der Waals surface area (Å²) in [5, 5.41) is 4.03. The number of benzene rings is 1. The van der Waals surface area contributed by atoms with Crippen LogP contribution < -0.4 is 4.72 Å². The molecular weight excluding hydrogens is 324 g/mol. The molecule has 120 valence electrons. The third-order valence-electron chi connectivity index (χ3n) is 2.81. The average Bonchev–Trinajstić information content (AvgIpc) is 2.86. The molecule has 0 fully saturated rings. The van der Waals surface area contributed by atoms with Gasteiger partial charge in [0.15, 0.2) is 0 Å². The lowest BCUT2D eigenvalue weighted by molar-refractivity contribution is 0.539. The third kappa shape index (κ3) is 3.86. The molecule has 22 heavy (non-hydrogen) atoms. The molecule has 9 heteroatoms. The minimum absolute atomic E-state index is 0.0206. The van der Waals surface area contributed by atoms with Gasteiger partial charge in [0.1, 0.15) is 5.82 Å². The number of rotatable bonds is 5. The maximum absolute atomic E-state index is 12.5. The largest absolute Gasteiger partial charge is 0.351 e. The van der Waals surface area contributed by atoms with Crippen LogP contribution in [-0.4, -0.2) is 28.7 Å². The van der Waals surface area contributed by atoms with Crippen molar-refractivity contribution in [1.82, 2.24) is 9.78 Å². The highest BCUT2D eigenvalue weighted by atomic mass is 32.3. The summed E-state index contributed by atoms with van der Waals surface area (Å²) >= 11 is 0. The van der Waals surface area contributed by atoms with Crippen molar-refractivity contribution in [2.75, 3.05) is 11.0 Å². The van der Waals surface area contributed by atoms with Crippen molar-refractivity contribution >= 4 is 25.8 Å². The first kappa shape index (κ1) is 16.5. The van der Waals surface area contributed by atoms with Crippen molar-refractivity contribution in [3.63, 3.8) is 0 Å². The molecule has 0 bridgehead atoms. The molecule has 1 heterocycles. The van der Waals surface area contributed by atoms with Gasteiger partial charge in [-0.3, -0.25) is 0 Å². The molecule has 7 nitrogen and oxygen atoms in total. The van der Waals surface area contributed by atoms with E-state index >= 15 is 0 Å². The van der Waals surface area contributed by atoms with Crippen LogP contribution in [-0.2, 0) is 19.9 Å². The smallest absolute Gasteiger partial charge is 0.248 e. The van der Waals surface area contributed by atoms with E-state index in [1.807, 2.05) is 13.8 Å². The molecule has 1 aromatic heterocycles. The SMILES string of the molecule is CC(C)n1nccc1NS(=O)(=O)N=S(C)(=O)c1ccccc1. The van der Waals surface area contributed by atoms with E-state index in [4.69, 9.17) is 0 Å². The minimum atomic E-state index is -4.13. The predicted octanol–water partition coefficient (Wildman–Crippen LogP) is 2.28. The Balaban J connectivity index is 2.37. The molecule has 0 aliphatic heterocycles. The first-order chi connectivity index (χ1) is 10.2.